The van der Waals surface area contributed by atoms with Crippen LogP contribution in [-0.2, 0) is 0 Å². The molecule has 1 nitrogen and oxygen atoms in total. The average Bonchev–Trinajstić information content (AvgIpc) is 2.16. The van der Waals surface area contributed by atoms with Crippen molar-refractivity contribution in [2.45, 2.75) is 59.8 Å². The zero-order chi connectivity index (χ0) is 11.5. The van der Waals surface area contributed by atoms with Crippen molar-refractivity contribution < 1.29 is 0 Å². The van der Waals surface area contributed by atoms with Crippen LogP contribution in [0.2, 0.25) is 0 Å². The molecule has 1 aliphatic carbocycles. The van der Waals surface area contributed by atoms with Crippen molar-refractivity contribution in [1.82, 2.24) is 0 Å². The van der Waals surface area contributed by atoms with Crippen molar-refractivity contribution in [2.75, 3.05) is 6.54 Å². The summed E-state index contributed by atoms with van der Waals surface area (Å²) in [6.45, 7) is 10.2. The van der Waals surface area contributed by atoms with E-state index < -0.39 is 0 Å². The fourth-order valence-corrected chi connectivity index (χ4v) is 3.36. The molecule has 0 spiro atoms. The van der Waals surface area contributed by atoms with Crippen molar-refractivity contribution in [3.63, 3.8) is 0 Å². The summed E-state index contributed by atoms with van der Waals surface area (Å²) in [6, 6.07) is 0. The maximum atomic E-state index is 5.64. The van der Waals surface area contributed by atoms with E-state index in [1.807, 2.05) is 0 Å². The molecular formula is C14H27N. The fourth-order valence-electron chi connectivity index (χ4n) is 3.36. The van der Waals surface area contributed by atoms with E-state index in [-0.39, 0.29) is 0 Å². The molecule has 1 heteroatoms. The van der Waals surface area contributed by atoms with Crippen LogP contribution in [0.5, 0.6) is 0 Å². The van der Waals surface area contributed by atoms with Gasteiger partial charge < -0.3 is 5.73 Å². The Hall–Kier alpha value is -0.300. The first-order chi connectivity index (χ1) is 6.97. The largest absolute Gasteiger partial charge is 0.327 e. The van der Waals surface area contributed by atoms with Gasteiger partial charge in [0.1, 0.15) is 0 Å². The highest BCUT2D eigenvalue weighted by molar-refractivity contribution is 5.13. The Bertz CT molecular complexity index is 234. The Morgan fingerprint density at radius 2 is 1.80 bits per heavy atom. The molecule has 2 N–H and O–H groups in total. The van der Waals surface area contributed by atoms with Gasteiger partial charge in [0.15, 0.2) is 0 Å². The highest BCUT2D eigenvalue weighted by Gasteiger charge is 2.39. The zero-order valence-corrected chi connectivity index (χ0v) is 10.9. The molecule has 0 aliphatic heterocycles. The topological polar surface area (TPSA) is 26.0 Å². The SMILES string of the molecule is CCC1(CC)C/C(=C\CN)CC(C)(C)C1. The number of allylic oxidation sites excluding steroid dienone is 1. The van der Waals surface area contributed by atoms with Gasteiger partial charge in [0.05, 0.1) is 0 Å². The van der Waals surface area contributed by atoms with Gasteiger partial charge in [-0.15, -0.1) is 0 Å². The molecule has 0 radical (unpaired) electrons. The highest BCUT2D eigenvalue weighted by atomic mass is 14.5. The number of hydrogen-bond acceptors (Lipinski definition) is 1. The Morgan fingerprint density at radius 3 is 2.27 bits per heavy atom. The summed E-state index contributed by atoms with van der Waals surface area (Å²) in [5.74, 6) is 0. The quantitative estimate of drug-likeness (QED) is 0.701. The molecule has 88 valence electrons. The predicted octanol–water partition coefficient (Wildman–Crippen LogP) is 3.89. The van der Waals surface area contributed by atoms with Gasteiger partial charge in [-0.1, -0.05) is 52.2 Å². The van der Waals surface area contributed by atoms with Crippen LogP contribution in [0.15, 0.2) is 11.6 Å². The summed E-state index contributed by atoms with van der Waals surface area (Å²) < 4.78 is 0. The van der Waals surface area contributed by atoms with Crippen LogP contribution >= 0.6 is 0 Å². The smallest absolute Gasteiger partial charge is 0.0109 e. The Kier molecular flexibility index (Phi) is 3.99. The molecule has 0 bridgehead atoms. The van der Waals surface area contributed by atoms with E-state index in [0.29, 0.717) is 17.4 Å². The summed E-state index contributed by atoms with van der Waals surface area (Å²) in [4.78, 5) is 0. The van der Waals surface area contributed by atoms with Gasteiger partial charge in [-0.3, -0.25) is 0 Å². The van der Waals surface area contributed by atoms with E-state index in [0.717, 1.165) is 0 Å². The molecule has 0 heterocycles. The lowest BCUT2D eigenvalue weighted by Crippen LogP contribution is -2.33. The molecule has 0 aromatic rings. The van der Waals surface area contributed by atoms with E-state index in [2.05, 4.69) is 33.8 Å². The second-order valence-corrected chi connectivity index (χ2v) is 6.00. The van der Waals surface area contributed by atoms with E-state index >= 15 is 0 Å². The third kappa shape index (κ3) is 3.07. The van der Waals surface area contributed by atoms with Gasteiger partial charge in [-0.2, -0.15) is 0 Å². The van der Waals surface area contributed by atoms with Crippen LogP contribution in [0.4, 0.5) is 0 Å². The van der Waals surface area contributed by atoms with Crippen LogP contribution in [0.25, 0.3) is 0 Å². The minimum absolute atomic E-state index is 0.464. The molecule has 15 heavy (non-hydrogen) atoms. The number of hydrogen-bond donors (Lipinski definition) is 1. The second-order valence-electron chi connectivity index (χ2n) is 6.00. The van der Waals surface area contributed by atoms with Gasteiger partial charge >= 0.3 is 0 Å². The normalized spacial score (nSPS) is 26.9. The fraction of sp³-hybridized carbons (Fsp3) is 0.857. The maximum absolute atomic E-state index is 5.64. The number of rotatable bonds is 3. The molecule has 1 fully saturated rings. The minimum atomic E-state index is 0.464. The van der Waals surface area contributed by atoms with Gasteiger partial charge in [-0.05, 0) is 30.1 Å². The minimum Gasteiger partial charge on any atom is -0.327 e. The summed E-state index contributed by atoms with van der Waals surface area (Å²) in [5.41, 5.74) is 8.25. The van der Waals surface area contributed by atoms with Crippen molar-refractivity contribution in [3.05, 3.63) is 11.6 Å². The molecule has 1 aliphatic rings. The van der Waals surface area contributed by atoms with Crippen molar-refractivity contribution in [1.29, 1.82) is 0 Å². The first-order valence-corrected chi connectivity index (χ1v) is 6.35. The van der Waals surface area contributed by atoms with E-state index in [1.165, 1.54) is 32.1 Å². The van der Waals surface area contributed by atoms with Crippen LogP contribution in [0.3, 0.4) is 0 Å². The summed E-state index contributed by atoms with van der Waals surface area (Å²) >= 11 is 0. The summed E-state index contributed by atoms with van der Waals surface area (Å²) in [5, 5.41) is 0. The third-order valence-electron chi connectivity index (χ3n) is 4.07. The summed E-state index contributed by atoms with van der Waals surface area (Å²) in [6.07, 6.45) is 8.74. The van der Waals surface area contributed by atoms with Crippen LogP contribution in [-0.4, -0.2) is 6.54 Å². The van der Waals surface area contributed by atoms with Gasteiger partial charge in [0.25, 0.3) is 0 Å². The lowest BCUT2D eigenvalue weighted by molar-refractivity contribution is 0.108. The Morgan fingerprint density at radius 1 is 1.20 bits per heavy atom. The van der Waals surface area contributed by atoms with Crippen molar-refractivity contribution >= 4 is 0 Å². The second kappa shape index (κ2) is 4.69. The summed E-state index contributed by atoms with van der Waals surface area (Å²) in [7, 11) is 0. The first-order valence-electron chi connectivity index (χ1n) is 6.35. The van der Waals surface area contributed by atoms with Crippen molar-refractivity contribution in [3.8, 4) is 0 Å². The van der Waals surface area contributed by atoms with Crippen LogP contribution < -0.4 is 5.73 Å². The number of nitrogens with two attached hydrogens (primary N) is 1. The molecule has 0 aromatic carbocycles. The molecule has 0 aromatic heterocycles. The monoisotopic (exact) mass is 209 g/mol. The van der Waals surface area contributed by atoms with Crippen LogP contribution in [0.1, 0.15) is 59.8 Å². The lowest BCUT2D eigenvalue weighted by Gasteiger charge is -2.45. The standard InChI is InChI=1S/C14H27N/c1-5-14(6-2)10-12(7-8-15)9-13(3,4)11-14/h7H,5-6,8-11,15H2,1-4H3/b12-7-. The van der Waals surface area contributed by atoms with E-state index in [1.54, 1.807) is 5.57 Å². The molecule has 1 saturated carbocycles. The Labute approximate surface area is 95.1 Å². The predicted molar refractivity (Wildman–Crippen MR) is 67.8 cm³/mol. The molecule has 0 amide bonds. The molecular weight excluding hydrogens is 182 g/mol. The molecule has 0 saturated heterocycles. The maximum Gasteiger partial charge on any atom is 0.0109 e. The van der Waals surface area contributed by atoms with E-state index in [4.69, 9.17) is 5.73 Å². The first kappa shape index (κ1) is 12.8. The third-order valence-corrected chi connectivity index (χ3v) is 4.07. The van der Waals surface area contributed by atoms with Crippen molar-refractivity contribution in [2.24, 2.45) is 16.6 Å². The molecule has 0 unspecified atom stereocenters. The zero-order valence-electron chi connectivity index (χ0n) is 10.9. The van der Waals surface area contributed by atoms with Crippen LogP contribution in [0, 0.1) is 10.8 Å². The average molecular weight is 209 g/mol. The van der Waals surface area contributed by atoms with Gasteiger partial charge in [-0.25, -0.2) is 0 Å². The highest BCUT2D eigenvalue weighted by Crippen LogP contribution is 2.51. The lowest BCUT2D eigenvalue weighted by atomic mass is 9.60. The Balaban J connectivity index is 2.89. The van der Waals surface area contributed by atoms with Gasteiger partial charge in [0.2, 0.25) is 0 Å². The molecule has 0 atom stereocenters. The molecule has 1 rings (SSSR count). The van der Waals surface area contributed by atoms with E-state index in [9.17, 15) is 0 Å². The van der Waals surface area contributed by atoms with Gasteiger partial charge in [0, 0.05) is 6.54 Å².